The minimum atomic E-state index is -1.05. The first kappa shape index (κ1) is 15.5. The molecule has 0 aliphatic rings. The highest BCUT2D eigenvalue weighted by molar-refractivity contribution is 9.11. The van der Waals surface area contributed by atoms with Crippen molar-refractivity contribution in [1.29, 1.82) is 0 Å². The smallest absolute Gasteiger partial charge is 0.335 e. The number of carbonyl (C=O) groups excluding carboxylic acids is 1. The maximum absolute atomic E-state index is 12.5. The summed E-state index contributed by atoms with van der Waals surface area (Å²) in [4.78, 5) is 25.5. The average molecular weight is 369 g/mol. The minimum Gasteiger partial charge on any atom is -0.478 e. The van der Waals surface area contributed by atoms with Crippen LogP contribution in [0.1, 0.15) is 27.0 Å². The number of amides is 1. The van der Waals surface area contributed by atoms with Crippen molar-refractivity contribution in [2.45, 2.75) is 6.92 Å². The topological polar surface area (TPSA) is 83.6 Å². The van der Waals surface area contributed by atoms with E-state index in [-0.39, 0.29) is 17.2 Å². The van der Waals surface area contributed by atoms with Gasteiger partial charge in [-0.3, -0.25) is 4.79 Å². The molecule has 0 aliphatic carbocycles. The van der Waals surface area contributed by atoms with E-state index in [1.54, 1.807) is 12.1 Å². The summed E-state index contributed by atoms with van der Waals surface area (Å²) in [6.45, 7) is 2.27. The molecule has 0 fully saturated rings. The molecular weight excluding hydrogens is 356 g/mol. The van der Waals surface area contributed by atoms with Crippen LogP contribution in [0.15, 0.2) is 34.1 Å². The summed E-state index contributed by atoms with van der Waals surface area (Å²) in [6.07, 6.45) is 0. The number of carbonyl (C=O) groups is 2. The van der Waals surface area contributed by atoms with E-state index in [2.05, 4.69) is 15.9 Å². The lowest BCUT2D eigenvalue weighted by Gasteiger charge is -2.22. The molecular formula is C14H13BrN2O3S. The van der Waals surface area contributed by atoms with E-state index in [1.807, 2.05) is 13.0 Å². The Morgan fingerprint density at radius 1 is 1.33 bits per heavy atom. The lowest BCUT2D eigenvalue weighted by atomic mass is 10.1. The Hall–Kier alpha value is -1.86. The fourth-order valence-corrected chi connectivity index (χ4v) is 3.25. The molecule has 1 amide bonds. The Balaban J connectivity index is 2.37. The molecule has 1 aromatic carbocycles. The Bertz CT molecular complexity index is 699. The zero-order valence-corrected chi connectivity index (χ0v) is 13.6. The van der Waals surface area contributed by atoms with Crippen LogP contribution in [0, 0.1) is 0 Å². The normalized spacial score (nSPS) is 10.4. The molecule has 2 rings (SSSR count). The van der Waals surface area contributed by atoms with Crippen LogP contribution in [0.25, 0.3) is 0 Å². The van der Waals surface area contributed by atoms with E-state index in [4.69, 9.17) is 10.8 Å². The van der Waals surface area contributed by atoms with Crippen LogP contribution in [0.2, 0.25) is 0 Å². The molecule has 0 radical (unpaired) electrons. The summed E-state index contributed by atoms with van der Waals surface area (Å²) < 4.78 is 0.871. The zero-order chi connectivity index (χ0) is 15.6. The third-order valence-electron chi connectivity index (χ3n) is 2.91. The van der Waals surface area contributed by atoms with Crippen molar-refractivity contribution >= 4 is 50.5 Å². The molecule has 0 atom stereocenters. The Labute approximate surface area is 134 Å². The molecule has 3 N–H and O–H groups in total. The van der Waals surface area contributed by atoms with Gasteiger partial charge in [-0.1, -0.05) is 0 Å². The first-order chi connectivity index (χ1) is 9.93. The van der Waals surface area contributed by atoms with Crippen molar-refractivity contribution in [3.05, 3.63) is 44.6 Å². The second kappa shape index (κ2) is 6.28. The molecule has 2 aromatic rings. The Morgan fingerprint density at radius 3 is 2.52 bits per heavy atom. The second-order valence-corrected chi connectivity index (χ2v) is 6.69. The largest absolute Gasteiger partial charge is 0.478 e. The van der Waals surface area contributed by atoms with E-state index < -0.39 is 5.97 Å². The molecule has 21 heavy (non-hydrogen) atoms. The van der Waals surface area contributed by atoms with Gasteiger partial charge in [0.25, 0.3) is 5.91 Å². The monoisotopic (exact) mass is 368 g/mol. The van der Waals surface area contributed by atoms with Gasteiger partial charge in [0.2, 0.25) is 0 Å². The molecule has 0 spiro atoms. The first-order valence-corrected chi connectivity index (χ1v) is 7.75. The van der Waals surface area contributed by atoms with Gasteiger partial charge in [0.15, 0.2) is 0 Å². The van der Waals surface area contributed by atoms with Gasteiger partial charge >= 0.3 is 5.97 Å². The minimum absolute atomic E-state index is 0.0959. The third kappa shape index (κ3) is 3.25. The number of benzene rings is 1. The number of thiophene rings is 1. The van der Waals surface area contributed by atoms with Gasteiger partial charge < -0.3 is 15.7 Å². The number of anilines is 2. The standard InChI is InChI=1S/C14H13BrN2O3S/c1-2-17(13(18)11-5-6-12(15)21-11)10-4-3-8(14(19)20)7-9(10)16/h3-7H,2,16H2,1H3,(H,19,20). The van der Waals surface area contributed by atoms with Crippen molar-refractivity contribution in [2.24, 2.45) is 0 Å². The van der Waals surface area contributed by atoms with E-state index in [1.165, 1.54) is 28.4 Å². The van der Waals surface area contributed by atoms with Crippen LogP contribution in [0.5, 0.6) is 0 Å². The van der Waals surface area contributed by atoms with E-state index >= 15 is 0 Å². The Morgan fingerprint density at radius 2 is 2.05 bits per heavy atom. The van der Waals surface area contributed by atoms with Gasteiger partial charge in [0.1, 0.15) is 0 Å². The predicted octanol–water partition coefficient (Wildman–Crippen LogP) is 3.46. The lowest BCUT2D eigenvalue weighted by molar-refractivity contribution is 0.0697. The highest BCUT2D eigenvalue weighted by atomic mass is 79.9. The summed E-state index contributed by atoms with van der Waals surface area (Å²) in [5.74, 6) is -1.22. The molecule has 5 nitrogen and oxygen atoms in total. The number of nitrogens with two attached hydrogens (primary N) is 1. The van der Waals surface area contributed by atoms with Gasteiger partial charge in [-0.15, -0.1) is 11.3 Å². The molecule has 7 heteroatoms. The Kier molecular flexibility index (Phi) is 4.64. The summed E-state index contributed by atoms with van der Waals surface area (Å²) in [6, 6.07) is 7.90. The predicted molar refractivity (Wildman–Crippen MR) is 87.2 cm³/mol. The van der Waals surface area contributed by atoms with Crippen molar-refractivity contribution in [1.82, 2.24) is 0 Å². The molecule has 0 bridgehead atoms. The molecule has 1 heterocycles. The molecule has 0 unspecified atom stereocenters. The summed E-state index contributed by atoms with van der Waals surface area (Å²) in [5, 5.41) is 8.95. The quantitative estimate of drug-likeness (QED) is 0.809. The number of aromatic carboxylic acids is 1. The summed E-state index contributed by atoms with van der Waals surface area (Å²) >= 11 is 4.66. The van der Waals surface area contributed by atoms with Gasteiger partial charge in [0.05, 0.1) is 25.6 Å². The van der Waals surface area contributed by atoms with Crippen molar-refractivity contribution < 1.29 is 14.7 Å². The molecule has 1 aromatic heterocycles. The van der Waals surface area contributed by atoms with Gasteiger partial charge in [-0.05, 0) is 53.2 Å². The zero-order valence-electron chi connectivity index (χ0n) is 11.2. The number of hydrogen-bond donors (Lipinski definition) is 2. The first-order valence-electron chi connectivity index (χ1n) is 6.14. The summed E-state index contributed by atoms with van der Waals surface area (Å²) in [5.41, 5.74) is 6.77. The number of nitrogens with zero attached hydrogens (tertiary/aromatic N) is 1. The van der Waals surface area contributed by atoms with Crippen LogP contribution >= 0.6 is 27.3 Å². The highest BCUT2D eigenvalue weighted by Gasteiger charge is 2.20. The van der Waals surface area contributed by atoms with E-state index in [0.29, 0.717) is 17.1 Å². The lowest BCUT2D eigenvalue weighted by Crippen LogP contribution is -2.30. The summed E-state index contributed by atoms with van der Waals surface area (Å²) in [7, 11) is 0. The van der Waals surface area contributed by atoms with Crippen molar-refractivity contribution in [2.75, 3.05) is 17.2 Å². The highest BCUT2D eigenvalue weighted by Crippen LogP contribution is 2.29. The van der Waals surface area contributed by atoms with Crippen LogP contribution < -0.4 is 10.6 Å². The van der Waals surface area contributed by atoms with Gasteiger partial charge in [-0.25, -0.2) is 4.79 Å². The third-order valence-corrected chi connectivity index (χ3v) is 4.52. The van der Waals surface area contributed by atoms with Crippen LogP contribution in [0.4, 0.5) is 11.4 Å². The van der Waals surface area contributed by atoms with Crippen LogP contribution in [-0.4, -0.2) is 23.5 Å². The SMILES string of the molecule is CCN(C(=O)c1ccc(Br)s1)c1ccc(C(=O)O)cc1N. The second-order valence-electron chi connectivity index (χ2n) is 4.23. The number of carboxylic acids is 1. The van der Waals surface area contributed by atoms with Crippen molar-refractivity contribution in [3.63, 3.8) is 0 Å². The number of halogens is 1. The van der Waals surface area contributed by atoms with Crippen LogP contribution in [0.3, 0.4) is 0 Å². The molecule has 0 saturated heterocycles. The van der Waals surface area contributed by atoms with E-state index in [0.717, 1.165) is 3.79 Å². The maximum atomic E-state index is 12.5. The van der Waals surface area contributed by atoms with Crippen molar-refractivity contribution in [3.8, 4) is 0 Å². The maximum Gasteiger partial charge on any atom is 0.335 e. The molecule has 0 aliphatic heterocycles. The fourth-order valence-electron chi connectivity index (χ4n) is 1.92. The average Bonchev–Trinajstić information content (AvgIpc) is 2.87. The van der Waals surface area contributed by atoms with Crippen LogP contribution in [-0.2, 0) is 0 Å². The number of rotatable bonds is 4. The molecule has 0 saturated carbocycles. The number of hydrogen-bond acceptors (Lipinski definition) is 4. The van der Waals surface area contributed by atoms with Gasteiger partial charge in [-0.2, -0.15) is 0 Å². The van der Waals surface area contributed by atoms with Gasteiger partial charge in [0, 0.05) is 6.54 Å². The number of nitrogen functional groups attached to an aromatic ring is 1. The fraction of sp³-hybridized carbons (Fsp3) is 0.143. The van der Waals surface area contributed by atoms with E-state index in [9.17, 15) is 9.59 Å². The number of carboxylic acid groups (broad SMARTS) is 1. The molecule has 110 valence electrons.